The molecule has 2 N–H and O–H groups in total. The predicted molar refractivity (Wildman–Crippen MR) is 80.1 cm³/mol. The fourth-order valence-electron chi connectivity index (χ4n) is 3.72. The average Bonchev–Trinajstić information content (AvgIpc) is 2.82. The molecule has 0 amide bonds. The van der Waals surface area contributed by atoms with Gasteiger partial charge in [0, 0.05) is 11.5 Å². The van der Waals surface area contributed by atoms with Gasteiger partial charge in [0.25, 0.3) is 0 Å². The molecule has 1 aliphatic carbocycles. The minimum Gasteiger partial charge on any atom is -0.493 e. The summed E-state index contributed by atoms with van der Waals surface area (Å²) in [6.45, 7) is 2.42. The number of Topliss-reactive ketones (excluding diaryl/α,β-unsaturated/α-hetero) is 1. The Balaban J connectivity index is 1.78. The molecule has 1 atom stereocenters. The van der Waals surface area contributed by atoms with Crippen LogP contribution < -0.4 is 14.8 Å². The first-order chi connectivity index (χ1) is 10.2. The predicted octanol–water partition coefficient (Wildman–Crippen LogP) is 1.42. The van der Waals surface area contributed by atoms with Gasteiger partial charge in [-0.05, 0) is 49.3 Å². The molecular formula is C17H24NO3+. The minimum absolute atomic E-state index is 0.153. The molecule has 1 saturated heterocycles. The second-order valence-electron chi connectivity index (χ2n) is 6.17. The highest BCUT2D eigenvalue weighted by molar-refractivity contribution is 6.02. The molecule has 0 radical (unpaired) electrons. The Labute approximate surface area is 125 Å². The van der Waals surface area contributed by atoms with E-state index in [4.69, 9.17) is 9.47 Å². The third kappa shape index (κ3) is 2.77. The van der Waals surface area contributed by atoms with Gasteiger partial charge in [-0.3, -0.25) is 4.79 Å². The lowest BCUT2D eigenvalue weighted by molar-refractivity contribution is -0.664. The molecule has 0 bridgehead atoms. The van der Waals surface area contributed by atoms with Crippen molar-refractivity contribution in [3.63, 3.8) is 0 Å². The SMILES string of the molecule is COc1cc2c(cc1OC)C(=O)C(CC1CC[NH2+]CC1)C2. The summed E-state index contributed by atoms with van der Waals surface area (Å²) in [5.74, 6) is 2.52. The molecule has 4 heteroatoms. The van der Waals surface area contributed by atoms with E-state index in [0.717, 1.165) is 29.7 Å². The zero-order chi connectivity index (χ0) is 14.8. The van der Waals surface area contributed by atoms with Crippen LogP contribution in [0, 0.1) is 11.8 Å². The summed E-state index contributed by atoms with van der Waals surface area (Å²) in [5, 5.41) is 2.37. The van der Waals surface area contributed by atoms with Crippen LogP contribution >= 0.6 is 0 Å². The average molecular weight is 290 g/mol. The molecule has 0 spiro atoms. The van der Waals surface area contributed by atoms with Gasteiger partial charge in [-0.15, -0.1) is 0 Å². The van der Waals surface area contributed by atoms with Crippen molar-refractivity contribution in [2.24, 2.45) is 11.8 Å². The summed E-state index contributed by atoms with van der Waals surface area (Å²) in [4.78, 5) is 12.6. The number of nitrogens with two attached hydrogens (primary N) is 1. The fourth-order valence-corrected chi connectivity index (χ4v) is 3.72. The van der Waals surface area contributed by atoms with E-state index in [-0.39, 0.29) is 5.92 Å². The number of rotatable bonds is 4. The van der Waals surface area contributed by atoms with Gasteiger partial charge in [0.05, 0.1) is 27.3 Å². The van der Waals surface area contributed by atoms with Gasteiger partial charge >= 0.3 is 0 Å². The van der Waals surface area contributed by atoms with Crippen LogP contribution in [0.2, 0.25) is 0 Å². The van der Waals surface area contributed by atoms with Gasteiger partial charge in [-0.1, -0.05) is 0 Å². The Kier molecular flexibility index (Phi) is 4.15. The maximum Gasteiger partial charge on any atom is 0.166 e. The lowest BCUT2D eigenvalue weighted by Gasteiger charge is -2.22. The zero-order valence-electron chi connectivity index (χ0n) is 12.9. The second-order valence-corrected chi connectivity index (χ2v) is 6.17. The van der Waals surface area contributed by atoms with E-state index in [1.54, 1.807) is 14.2 Å². The standard InChI is InChI=1S/C17H23NO3/c1-20-15-9-12-8-13(7-11-3-5-18-6-4-11)17(19)14(12)10-16(15)21-2/h9-11,13,18H,3-8H2,1-2H3/p+1. The van der Waals surface area contributed by atoms with Crippen LogP contribution in [0.3, 0.4) is 0 Å². The number of ketones is 1. The lowest BCUT2D eigenvalue weighted by atomic mass is 9.86. The van der Waals surface area contributed by atoms with Gasteiger partial charge in [0.15, 0.2) is 17.3 Å². The van der Waals surface area contributed by atoms with E-state index in [2.05, 4.69) is 5.32 Å². The molecule has 0 saturated carbocycles. The van der Waals surface area contributed by atoms with Crippen LogP contribution in [0.15, 0.2) is 12.1 Å². The van der Waals surface area contributed by atoms with Crippen molar-refractivity contribution in [1.82, 2.24) is 0 Å². The quantitative estimate of drug-likeness (QED) is 0.912. The second kappa shape index (κ2) is 6.06. The number of hydrogen-bond acceptors (Lipinski definition) is 3. The van der Waals surface area contributed by atoms with Crippen LogP contribution in [0.1, 0.15) is 35.2 Å². The van der Waals surface area contributed by atoms with Crippen LogP contribution in [0.4, 0.5) is 0 Å². The first-order valence-corrected chi connectivity index (χ1v) is 7.83. The van der Waals surface area contributed by atoms with Gasteiger partial charge in [-0.2, -0.15) is 0 Å². The van der Waals surface area contributed by atoms with Gasteiger partial charge in [0.1, 0.15) is 0 Å². The van der Waals surface area contributed by atoms with E-state index < -0.39 is 0 Å². The first kappa shape index (κ1) is 14.4. The van der Waals surface area contributed by atoms with Crippen molar-refractivity contribution >= 4 is 5.78 Å². The van der Waals surface area contributed by atoms with E-state index in [1.807, 2.05) is 12.1 Å². The molecule has 1 heterocycles. The Morgan fingerprint density at radius 1 is 1.14 bits per heavy atom. The molecule has 2 aliphatic rings. The normalized spacial score (nSPS) is 22.2. The molecule has 4 nitrogen and oxygen atoms in total. The maximum absolute atomic E-state index is 12.6. The Morgan fingerprint density at radius 3 is 2.48 bits per heavy atom. The Morgan fingerprint density at radius 2 is 1.81 bits per heavy atom. The van der Waals surface area contributed by atoms with Crippen LogP contribution in [-0.4, -0.2) is 33.1 Å². The van der Waals surface area contributed by atoms with Crippen molar-refractivity contribution in [3.05, 3.63) is 23.3 Å². The maximum atomic E-state index is 12.6. The van der Waals surface area contributed by atoms with Gasteiger partial charge < -0.3 is 14.8 Å². The third-order valence-electron chi connectivity index (χ3n) is 4.89. The molecule has 1 aromatic carbocycles. The van der Waals surface area contributed by atoms with Crippen molar-refractivity contribution in [1.29, 1.82) is 0 Å². The molecule has 3 rings (SSSR count). The number of hydrogen-bond donors (Lipinski definition) is 1. The van der Waals surface area contributed by atoms with Crippen molar-refractivity contribution in [3.8, 4) is 11.5 Å². The zero-order valence-corrected chi connectivity index (χ0v) is 12.9. The molecule has 1 aromatic rings. The summed E-state index contributed by atoms with van der Waals surface area (Å²) >= 11 is 0. The number of ether oxygens (including phenoxy) is 2. The van der Waals surface area contributed by atoms with E-state index in [9.17, 15) is 4.79 Å². The van der Waals surface area contributed by atoms with E-state index >= 15 is 0 Å². The molecule has 0 aromatic heterocycles. The number of methoxy groups -OCH3 is 2. The number of quaternary nitrogens is 1. The third-order valence-corrected chi connectivity index (χ3v) is 4.89. The summed E-state index contributed by atoms with van der Waals surface area (Å²) in [6, 6.07) is 3.83. The molecule has 1 fully saturated rings. The highest BCUT2D eigenvalue weighted by Gasteiger charge is 2.34. The van der Waals surface area contributed by atoms with Gasteiger partial charge in [-0.25, -0.2) is 0 Å². The van der Waals surface area contributed by atoms with Crippen molar-refractivity contribution in [2.75, 3.05) is 27.3 Å². The number of benzene rings is 1. The Hall–Kier alpha value is -1.55. The Bertz CT molecular complexity index is 535. The summed E-state index contributed by atoms with van der Waals surface area (Å²) in [5.41, 5.74) is 1.95. The van der Waals surface area contributed by atoms with Crippen LogP contribution in [-0.2, 0) is 6.42 Å². The summed E-state index contributed by atoms with van der Waals surface area (Å²) in [7, 11) is 3.25. The van der Waals surface area contributed by atoms with Crippen molar-refractivity contribution < 1.29 is 19.6 Å². The smallest absolute Gasteiger partial charge is 0.166 e. The van der Waals surface area contributed by atoms with E-state index in [0.29, 0.717) is 17.5 Å². The number of fused-ring (bicyclic) bond motifs is 1. The number of piperidine rings is 1. The highest BCUT2D eigenvalue weighted by atomic mass is 16.5. The molecule has 1 unspecified atom stereocenters. The van der Waals surface area contributed by atoms with Crippen LogP contribution in [0.5, 0.6) is 11.5 Å². The van der Waals surface area contributed by atoms with Crippen LogP contribution in [0.25, 0.3) is 0 Å². The minimum atomic E-state index is 0.153. The molecule has 1 aliphatic heterocycles. The summed E-state index contributed by atoms with van der Waals surface area (Å²) in [6.07, 6.45) is 4.38. The largest absolute Gasteiger partial charge is 0.493 e. The fraction of sp³-hybridized carbons (Fsp3) is 0.588. The first-order valence-electron chi connectivity index (χ1n) is 7.83. The van der Waals surface area contributed by atoms with Gasteiger partial charge in [0.2, 0.25) is 0 Å². The van der Waals surface area contributed by atoms with E-state index in [1.165, 1.54) is 25.9 Å². The molecule has 114 valence electrons. The summed E-state index contributed by atoms with van der Waals surface area (Å²) < 4.78 is 10.7. The highest BCUT2D eigenvalue weighted by Crippen LogP contribution is 2.39. The van der Waals surface area contributed by atoms with Crippen molar-refractivity contribution in [2.45, 2.75) is 25.7 Å². The molecular weight excluding hydrogens is 266 g/mol. The monoisotopic (exact) mass is 290 g/mol. The number of carbonyl (C=O) groups is 1. The number of carbonyl (C=O) groups excluding carboxylic acids is 1. The molecule has 21 heavy (non-hydrogen) atoms. The lowest BCUT2D eigenvalue weighted by Crippen LogP contribution is -2.86. The topological polar surface area (TPSA) is 52.1 Å².